The molecule has 0 bridgehead atoms. The van der Waals surface area contributed by atoms with Crippen LogP contribution in [0.15, 0.2) is 65.4 Å². The molecule has 0 saturated carbocycles. The summed E-state index contributed by atoms with van der Waals surface area (Å²) in [6.07, 6.45) is 3.47. The van der Waals surface area contributed by atoms with Crippen LogP contribution in [0.3, 0.4) is 0 Å². The molecular formula is C20H18N6O. The van der Waals surface area contributed by atoms with Crippen LogP contribution in [0.4, 0.5) is 5.82 Å². The number of rotatable bonds is 5. The van der Waals surface area contributed by atoms with Crippen molar-refractivity contribution < 1.29 is 4.52 Å². The van der Waals surface area contributed by atoms with Crippen LogP contribution in [-0.4, -0.2) is 25.1 Å². The minimum Gasteiger partial charge on any atom is -0.360 e. The van der Waals surface area contributed by atoms with E-state index in [9.17, 15) is 0 Å². The topological polar surface area (TPSA) is 89.6 Å². The van der Waals surface area contributed by atoms with Crippen LogP contribution in [0, 0.1) is 6.92 Å². The van der Waals surface area contributed by atoms with Gasteiger partial charge in [0.2, 0.25) is 0 Å². The lowest BCUT2D eigenvalue weighted by Crippen LogP contribution is -2.10. The molecule has 134 valence electrons. The Bertz CT molecular complexity index is 1030. The van der Waals surface area contributed by atoms with Gasteiger partial charge < -0.3 is 9.84 Å². The van der Waals surface area contributed by atoms with Crippen LogP contribution < -0.4 is 5.32 Å². The van der Waals surface area contributed by atoms with Gasteiger partial charge in [0, 0.05) is 35.3 Å². The summed E-state index contributed by atoms with van der Waals surface area (Å²) >= 11 is 0. The first kappa shape index (κ1) is 16.8. The van der Waals surface area contributed by atoms with E-state index < -0.39 is 0 Å². The van der Waals surface area contributed by atoms with Gasteiger partial charge in [-0.05, 0) is 38.1 Å². The molecule has 1 aromatic carbocycles. The zero-order valence-electron chi connectivity index (χ0n) is 15.0. The lowest BCUT2D eigenvalue weighted by atomic mass is 10.2. The molecule has 0 amide bonds. The summed E-state index contributed by atoms with van der Waals surface area (Å²) in [7, 11) is 0. The highest BCUT2D eigenvalue weighted by molar-refractivity contribution is 5.56. The normalized spacial score (nSPS) is 11.9. The molecule has 0 radical (unpaired) electrons. The van der Waals surface area contributed by atoms with Gasteiger partial charge in [-0.3, -0.25) is 4.98 Å². The quantitative estimate of drug-likeness (QED) is 0.575. The van der Waals surface area contributed by atoms with Crippen molar-refractivity contribution in [3.8, 4) is 22.8 Å². The Morgan fingerprint density at radius 2 is 1.78 bits per heavy atom. The maximum Gasteiger partial charge on any atom is 0.257 e. The summed E-state index contributed by atoms with van der Waals surface area (Å²) in [5.74, 6) is 2.37. The Labute approximate surface area is 156 Å². The third-order valence-corrected chi connectivity index (χ3v) is 3.99. The molecule has 27 heavy (non-hydrogen) atoms. The first-order valence-electron chi connectivity index (χ1n) is 8.61. The van der Waals surface area contributed by atoms with Gasteiger partial charge in [-0.15, -0.1) is 0 Å². The zero-order chi connectivity index (χ0) is 18.6. The highest BCUT2D eigenvalue weighted by Crippen LogP contribution is 2.22. The van der Waals surface area contributed by atoms with E-state index in [1.807, 2.05) is 62.4 Å². The Morgan fingerprint density at radius 1 is 0.963 bits per heavy atom. The average Bonchev–Trinajstić information content (AvgIpc) is 3.19. The molecule has 1 unspecified atom stereocenters. The van der Waals surface area contributed by atoms with E-state index in [-0.39, 0.29) is 6.04 Å². The molecule has 0 aliphatic heterocycles. The second kappa shape index (κ2) is 7.33. The predicted octanol–water partition coefficient (Wildman–Crippen LogP) is 4.07. The van der Waals surface area contributed by atoms with Crippen molar-refractivity contribution in [1.29, 1.82) is 0 Å². The third-order valence-electron chi connectivity index (χ3n) is 3.99. The minimum absolute atomic E-state index is 0.178. The average molecular weight is 358 g/mol. The number of nitrogens with one attached hydrogen (secondary N) is 1. The highest BCUT2D eigenvalue weighted by Gasteiger charge is 2.16. The standard InChI is InChI=1S/C20H18N6O/c1-13-11-17(24-19(22-13)16-9-6-10-21-12-16)23-14(2)18-25-20(27-26-18)15-7-4-3-5-8-15/h3-12,14H,1-2H3,(H,22,23,24). The molecular weight excluding hydrogens is 340 g/mol. The largest absolute Gasteiger partial charge is 0.360 e. The van der Waals surface area contributed by atoms with Crippen molar-refractivity contribution in [2.45, 2.75) is 19.9 Å². The molecule has 1 N–H and O–H groups in total. The Hall–Kier alpha value is -3.61. The summed E-state index contributed by atoms with van der Waals surface area (Å²) in [4.78, 5) is 17.7. The Kier molecular flexibility index (Phi) is 4.57. The number of pyridine rings is 1. The summed E-state index contributed by atoms with van der Waals surface area (Å²) in [5.41, 5.74) is 2.61. The van der Waals surface area contributed by atoms with E-state index in [1.54, 1.807) is 12.4 Å². The molecule has 4 rings (SSSR count). The van der Waals surface area contributed by atoms with E-state index in [2.05, 4.69) is 30.4 Å². The fraction of sp³-hybridized carbons (Fsp3) is 0.150. The monoisotopic (exact) mass is 358 g/mol. The minimum atomic E-state index is -0.178. The summed E-state index contributed by atoms with van der Waals surface area (Å²) in [6.45, 7) is 3.89. The van der Waals surface area contributed by atoms with Crippen LogP contribution in [0.25, 0.3) is 22.8 Å². The van der Waals surface area contributed by atoms with E-state index in [1.165, 1.54) is 0 Å². The zero-order valence-corrected chi connectivity index (χ0v) is 15.0. The van der Waals surface area contributed by atoms with Gasteiger partial charge in [0.05, 0.1) is 6.04 Å². The summed E-state index contributed by atoms with van der Waals surface area (Å²) in [6, 6.07) is 15.2. The molecule has 3 aromatic heterocycles. The van der Waals surface area contributed by atoms with Gasteiger partial charge in [0.15, 0.2) is 11.6 Å². The molecule has 0 fully saturated rings. The number of aromatic nitrogens is 5. The number of aryl methyl sites for hydroxylation is 1. The molecule has 0 aliphatic rings. The van der Waals surface area contributed by atoms with Gasteiger partial charge in [-0.1, -0.05) is 23.4 Å². The van der Waals surface area contributed by atoms with Crippen LogP contribution in [0.2, 0.25) is 0 Å². The van der Waals surface area contributed by atoms with Crippen LogP contribution in [0.1, 0.15) is 24.5 Å². The van der Waals surface area contributed by atoms with Gasteiger partial charge in [0.25, 0.3) is 5.89 Å². The molecule has 0 spiro atoms. The predicted molar refractivity (Wildman–Crippen MR) is 102 cm³/mol. The molecule has 1 atom stereocenters. The Morgan fingerprint density at radius 3 is 2.56 bits per heavy atom. The molecule has 7 heteroatoms. The van der Waals surface area contributed by atoms with Crippen LogP contribution in [-0.2, 0) is 0 Å². The van der Waals surface area contributed by atoms with Gasteiger partial charge >= 0.3 is 0 Å². The van der Waals surface area contributed by atoms with E-state index in [0.717, 1.165) is 16.8 Å². The van der Waals surface area contributed by atoms with Gasteiger partial charge in [0.1, 0.15) is 5.82 Å². The van der Waals surface area contributed by atoms with Gasteiger partial charge in [-0.25, -0.2) is 9.97 Å². The molecule has 7 nitrogen and oxygen atoms in total. The SMILES string of the molecule is Cc1cc(NC(C)c2noc(-c3ccccc3)n2)nc(-c2cccnc2)n1. The van der Waals surface area contributed by atoms with E-state index >= 15 is 0 Å². The summed E-state index contributed by atoms with van der Waals surface area (Å²) < 4.78 is 5.38. The highest BCUT2D eigenvalue weighted by atomic mass is 16.5. The number of benzene rings is 1. The van der Waals surface area contributed by atoms with E-state index in [0.29, 0.717) is 23.4 Å². The van der Waals surface area contributed by atoms with Crippen molar-refractivity contribution >= 4 is 5.82 Å². The van der Waals surface area contributed by atoms with Crippen LogP contribution >= 0.6 is 0 Å². The second-order valence-electron chi connectivity index (χ2n) is 6.15. The number of nitrogens with zero attached hydrogens (tertiary/aromatic N) is 5. The first-order chi connectivity index (χ1) is 13.2. The van der Waals surface area contributed by atoms with Crippen LogP contribution in [0.5, 0.6) is 0 Å². The smallest absolute Gasteiger partial charge is 0.257 e. The van der Waals surface area contributed by atoms with Crippen molar-refractivity contribution in [3.05, 3.63) is 72.4 Å². The molecule has 0 saturated heterocycles. The fourth-order valence-corrected chi connectivity index (χ4v) is 2.66. The molecule has 3 heterocycles. The molecule has 4 aromatic rings. The van der Waals surface area contributed by atoms with Crippen molar-refractivity contribution in [1.82, 2.24) is 25.1 Å². The molecule has 0 aliphatic carbocycles. The number of hydrogen-bond donors (Lipinski definition) is 1. The van der Waals surface area contributed by atoms with Crippen molar-refractivity contribution in [3.63, 3.8) is 0 Å². The number of hydrogen-bond acceptors (Lipinski definition) is 7. The lowest BCUT2D eigenvalue weighted by molar-refractivity contribution is 0.419. The lowest BCUT2D eigenvalue weighted by Gasteiger charge is -2.12. The van der Waals surface area contributed by atoms with Gasteiger partial charge in [-0.2, -0.15) is 4.98 Å². The van der Waals surface area contributed by atoms with Crippen molar-refractivity contribution in [2.75, 3.05) is 5.32 Å². The fourth-order valence-electron chi connectivity index (χ4n) is 2.66. The first-order valence-corrected chi connectivity index (χ1v) is 8.61. The maximum atomic E-state index is 5.38. The second-order valence-corrected chi connectivity index (χ2v) is 6.15. The maximum absolute atomic E-state index is 5.38. The number of anilines is 1. The Balaban J connectivity index is 1.56. The van der Waals surface area contributed by atoms with Crippen molar-refractivity contribution in [2.24, 2.45) is 0 Å². The summed E-state index contributed by atoms with van der Waals surface area (Å²) in [5, 5.41) is 7.41. The van der Waals surface area contributed by atoms with E-state index in [4.69, 9.17) is 4.52 Å². The third kappa shape index (κ3) is 3.82.